The number of nitrogens with zero attached hydrogens (tertiary/aromatic N) is 2. The van der Waals surface area contributed by atoms with Crippen LogP contribution in [0.15, 0.2) is 41.1 Å². The molecule has 28 heavy (non-hydrogen) atoms. The van der Waals surface area contributed by atoms with Crippen LogP contribution in [-0.4, -0.2) is 64.5 Å². The second kappa shape index (κ2) is 9.84. The van der Waals surface area contributed by atoms with Crippen LogP contribution in [-0.2, 0) is 26.1 Å². The predicted octanol–water partition coefficient (Wildman–Crippen LogP) is 2.96. The number of rotatable bonds is 6. The van der Waals surface area contributed by atoms with Gasteiger partial charge >= 0.3 is 6.09 Å². The second-order valence-electron chi connectivity index (χ2n) is 6.51. The molecule has 6 nitrogen and oxygen atoms in total. The van der Waals surface area contributed by atoms with Crippen molar-refractivity contribution in [2.24, 2.45) is 0 Å². The highest BCUT2D eigenvalue weighted by molar-refractivity contribution is 7.84. The lowest BCUT2D eigenvalue weighted by molar-refractivity contribution is -0.129. The summed E-state index contributed by atoms with van der Waals surface area (Å²) in [6, 6.07) is 10.0. The van der Waals surface area contributed by atoms with Gasteiger partial charge in [0.15, 0.2) is 0 Å². The number of piperazine rings is 1. The first kappa shape index (κ1) is 20.5. The molecule has 1 aromatic heterocycles. The molecular weight excluding hydrogens is 396 g/mol. The molecule has 1 saturated heterocycles. The Hall–Kier alpha value is -2.19. The summed E-state index contributed by atoms with van der Waals surface area (Å²) in [4.78, 5) is 27.4. The van der Waals surface area contributed by atoms with Gasteiger partial charge in [-0.05, 0) is 40.4 Å². The van der Waals surface area contributed by atoms with Gasteiger partial charge in [-0.2, -0.15) is 11.3 Å². The van der Waals surface area contributed by atoms with E-state index in [4.69, 9.17) is 4.74 Å². The molecule has 8 heteroatoms. The van der Waals surface area contributed by atoms with E-state index in [1.165, 1.54) is 0 Å². The largest absolute Gasteiger partial charge is 0.450 e. The third kappa shape index (κ3) is 5.42. The number of carbonyl (C=O) groups excluding carboxylic acids is 2. The smallest absolute Gasteiger partial charge is 0.409 e. The lowest BCUT2D eigenvalue weighted by atomic mass is 10.1. The summed E-state index contributed by atoms with van der Waals surface area (Å²) < 4.78 is 17.5. The van der Waals surface area contributed by atoms with Crippen molar-refractivity contribution >= 4 is 34.1 Å². The monoisotopic (exact) mass is 420 g/mol. The standard InChI is InChI=1S/C20H24N2O4S2/c1-2-26-20(24)22-9-7-21(8-10-22)19(23)15-28(25)14-16-4-3-5-17(12-16)18-6-11-27-13-18/h3-6,11-13H,2,7-10,14-15H2,1H3. The molecule has 0 aliphatic carbocycles. The quantitative estimate of drug-likeness (QED) is 0.721. The van der Waals surface area contributed by atoms with Crippen molar-refractivity contribution in [1.82, 2.24) is 9.80 Å². The van der Waals surface area contributed by atoms with Crippen LogP contribution >= 0.6 is 11.3 Å². The summed E-state index contributed by atoms with van der Waals surface area (Å²) in [5, 5.41) is 4.11. The first-order valence-electron chi connectivity index (χ1n) is 9.22. The van der Waals surface area contributed by atoms with E-state index >= 15 is 0 Å². The van der Waals surface area contributed by atoms with Gasteiger partial charge in [-0.3, -0.25) is 9.00 Å². The highest BCUT2D eigenvalue weighted by Gasteiger charge is 2.25. The van der Waals surface area contributed by atoms with Crippen LogP contribution in [0, 0.1) is 0 Å². The molecule has 0 spiro atoms. The summed E-state index contributed by atoms with van der Waals surface area (Å²) in [6.07, 6.45) is -0.344. The third-order valence-electron chi connectivity index (χ3n) is 4.55. The Morgan fingerprint density at radius 2 is 1.86 bits per heavy atom. The molecule has 0 saturated carbocycles. The first-order valence-corrected chi connectivity index (χ1v) is 11.7. The lowest BCUT2D eigenvalue weighted by Gasteiger charge is -2.34. The Balaban J connectivity index is 1.49. The zero-order chi connectivity index (χ0) is 19.9. The van der Waals surface area contributed by atoms with Crippen LogP contribution in [0.3, 0.4) is 0 Å². The predicted molar refractivity (Wildman–Crippen MR) is 112 cm³/mol. The Labute approximate surface area is 171 Å². The average molecular weight is 421 g/mol. The van der Waals surface area contributed by atoms with E-state index < -0.39 is 10.8 Å². The maximum Gasteiger partial charge on any atom is 0.409 e. The van der Waals surface area contributed by atoms with Gasteiger partial charge < -0.3 is 14.5 Å². The molecule has 1 aliphatic rings. The van der Waals surface area contributed by atoms with Gasteiger partial charge in [0.05, 0.1) is 6.61 Å². The van der Waals surface area contributed by atoms with Crippen molar-refractivity contribution in [3.05, 3.63) is 46.7 Å². The second-order valence-corrected chi connectivity index (χ2v) is 8.74. The van der Waals surface area contributed by atoms with Crippen molar-refractivity contribution < 1.29 is 18.5 Å². The molecule has 2 aromatic rings. The fraction of sp³-hybridized carbons (Fsp3) is 0.400. The molecule has 2 heterocycles. The molecule has 0 radical (unpaired) electrons. The number of hydrogen-bond acceptors (Lipinski definition) is 5. The molecule has 1 aliphatic heterocycles. The lowest BCUT2D eigenvalue weighted by Crippen LogP contribution is -2.51. The minimum atomic E-state index is -1.27. The van der Waals surface area contributed by atoms with E-state index in [1.807, 2.05) is 29.6 Å². The zero-order valence-corrected chi connectivity index (χ0v) is 17.5. The SMILES string of the molecule is CCOC(=O)N1CCN(C(=O)CS(=O)Cc2cccc(-c3ccsc3)c2)CC1. The van der Waals surface area contributed by atoms with Crippen molar-refractivity contribution in [3.8, 4) is 11.1 Å². The summed E-state index contributed by atoms with van der Waals surface area (Å²) >= 11 is 1.64. The van der Waals surface area contributed by atoms with Crippen LogP contribution in [0.25, 0.3) is 11.1 Å². The summed E-state index contributed by atoms with van der Waals surface area (Å²) in [5.41, 5.74) is 3.20. The highest BCUT2D eigenvalue weighted by atomic mass is 32.2. The minimum Gasteiger partial charge on any atom is -0.450 e. The number of carbonyl (C=O) groups is 2. The fourth-order valence-corrected chi connectivity index (χ4v) is 4.86. The molecule has 3 rings (SSSR count). The Morgan fingerprint density at radius 3 is 2.54 bits per heavy atom. The average Bonchev–Trinajstić information content (AvgIpc) is 3.23. The van der Waals surface area contributed by atoms with Crippen molar-refractivity contribution in [3.63, 3.8) is 0 Å². The number of benzene rings is 1. The highest BCUT2D eigenvalue weighted by Crippen LogP contribution is 2.23. The molecular formula is C20H24N2O4S2. The van der Waals surface area contributed by atoms with Crippen molar-refractivity contribution in [1.29, 1.82) is 0 Å². The van der Waals surface area contributed by atoms with E-state index in [9.17, 15) is 13.8 Å². The van der Waals surface area contributed by atoms with Crippen molar-refractivity contribution in [2.45, 2.75) is 12.7 Å². The fourth-order valence-electron chi connectivity index (χ4n) is 3.09. The van der Waals surface area contributed by atoms with Gasteiger partial charge in [0.1, 0.15) is 5.75 Å². The van der Waals surface area contributed by atoms with Crippen LogP contribution in [0.5, 0.6) is 0 Å². The summed E-state index contributed by atoms with van der Waals surface area (Å²) in [6.45, 7) is 3.89. The minimum absolute atomic E-state index is 0.00207. The van der Waals surface area contributed by atoms with Crippen LogP contribution in [0.1, 0.15) is 12.5 Å². The van der Waals surface area contributed by atoms with E-state index in [1.54, 1.807) is 28.1 Å². The van der Waals surface area contributed by atoms with Crippen LogP contribution in [0.4, 0.5) is 4.79 Å². The van der Waals surface area contributed by atoms with Gasteiger partial charge in [-0.15, -0.1) is 0 Å². The van der Waals surface area contributed by atoms with Crippen LogP contribution < -0.4 is 0 Å². The van der Waals surface area contributed by atoms with E-state index in [2.05, 4.69) is 11.4 Å². The third-order valence-corrected chi connectivity index (χ3v) is 6.46. The normalized spacial score (nSPS) is 15.3. The molecule has 1 aromatic carbocycles. The maximum atomic E-state index is 12.5. The number of hydrogen-bond donors (Lipinski definition) is 0. The van der Waals surface area contributed by atoms with E-state index in [-0.39, 0.29) is 17.8 Å². The molecule has 1 fully saturated rings. The summed E-state index contributed by atoms with van der Waals surface area (Å²) in [7, 11) is -1.27. The first-order chi connectivity index (χ1) is 13.6. The van der Waals surface area contributed by atoms with Gasteiger partial charge in [0.25, 0.3) is 0 Å². The molecule has 1 unspecified atom stereocenters. The van der Waals surface area contributed by atoms with Gasteiger partial charge in [-0.1, -0.05) is 24.3 Å². The summed E-state index contributed by atoms with van der Waals surface area (Å²) in [5.74, 6) is 0.227. The molecule has 0 N–H and O–H groups in total. The van der Waals surface area contributed by atoms with E-state index in [0.717, 1.165) is 16.7 Å². The molecule has 1 atom stereocenters. The molecule has 2 amide bonds. The van der Waals surface area contributed by atoms with Crippen molar-refractivity contribution in [2.75, 3.05) is 38.5 Å². The zero-order valence-electron chi connectivity index (χ0n) is 15.8. The van der Waals surface area contributed by atoms with Crippen LogP contribution in [0.2, 0.25) is 0 Å². The Kier molecular flexibility index (Phi) is 7.22. The maximum absolute atomic E-state index is 12.5. The van der Waals surface area contributed by atoms with Gasteiger partial charge in [0, 0.05) is 42.7 Å². The van der Waals surface area contributed by atoms with Gasteiger partial charge in [0.2, 0.25) is 5.91 Å². The van der Waals surface area contributed by atoms with E-state index in [0.29, 0.717) is 38.5 Å². The number of thiophene rings is 1. The topological polar surface area (TPSA) is 66.9 Å². The Morgan fingerprint density at radius 1 is 1.11 bits per heavy atom. The molecule has 150 valence electrons. The number of amides is 2. The number of ether oxygens (including phenoxy) is 1. The van der Waals surface area contributed by atoms with Gasteiger partial charge in [-0.25, -0.2) is 4.79 Å². The molecule has 0 bridgehead atoms. The Bertz CT molecular complexity index is 830.